The minimum atomic E-state index is 0.0719. The molecule has 3 rings (SSSR count). The fourth-order valence-electron chi connectivity index (χ4n) is 2.88. The third-order valence-corrected chi connectivity index (χ3v) is 5.72. The maximum Gasteiger partial charge on any atom is 0.0525 e. The largest absolute Gasteiger partial charge is 0.363 e. The number of halogens is 1. The SMILES string of the molecule is CC1c2ccsc2CCN1c1ccc([C@H](C)N)cc1Br. The van der Waals surface area contributed by atoms with Gasteiger partial charge in [-0.2, -0.15) is 0 Å². The van der Waals surface area contributed by atoms with Crippen molar-refractivity contribution in [2.24, 2.45) is 5.73 Å². The first-order valence-electron chi connectivity index (χ1n) is 6.96. The Hall–Kier alpha value is -0.840. The molecule has 0 saturated carbocycles. The minimum Gasteiger partial charge on any atom is -0.363 e. The number of fused-ring (bicyclic) bond motifs is 1. The van der Waals surface area contributed by atoms with Gasteiger partial charge < -0.3 is 10.6 Å². The third kappa shape index (κ3) is 2.41. The molecule has 1 unspecified atom stereocenters. The topological polar surface area (TPSA) is 29.3 Å². The van der Waals surface area contributed by atoms with E-state index >= 15 is 0 Å². The molecule has 1 aromatic carbocycles. The lowest BCUT2D eigenvalue weighted by Crippen LogP contribution is -2.33. The second-order valence-electron chi connectivity index (χ2n) is 5.42. The van der Waals surface area contributed by atoms with Crippen molar-refractivity contribution in [3.8, 4) is 0 Å². The molecule has 0 bridgehead atoms. The maximum atomic E-state index is 5.95. The van der Waals surface area contributed by atoms with E-state index < -0.39 is 0 Å². The van der Waals surface area contributed by atoms with Crippen LogP contribution in [-0.2, 0) is 6.42 Å². The van der Waals surface area contributed by atoms with Crippen LogP contribution in [0.1, 0.15) is 41.9 Å². The number of anilines is 1. The van der Waals surface area contributed by atoms with Crippen LogP contribution in [0.3, 0.4) is 0 Å². The second kappa shape index (κ2) is 5.51. The van der Waals surface area contributed by atoms with E-state index in [1.807, 2.05) is 18.3 Å². The molecule has 1 aromatic heterocycles. The van der Waals surface area contributed by atoms with Crippen molar-refractivity contribution in [1.82, 2.24) is 0 Å². The summed E-state index contributed by atoms with van der Waals surface area (Å²) in [6.45, 7) is 5.38. The van der Waals surface area contributed by atoms with Gasteiger partial charge in [0.2, 0.25) is 0 Å². The van der Waals surface area contributed by atoms with Gasteiger partial charge in [0.1, 0.15) is 0 Å². The standard InChI is InChI=1S/C16H19BrN2S/c1-10(18)12-3-4-15(14(17)9-12)19-7-5-16-13(11(19)2)6-8-20-16/h3-4,6,8-11H,5,7,18H2,1-2H3/t10-,11?/m0/s1. The van der Waals surface area contributed by atoms with Gasteiger partial charge in [-0.3, -0.25) is 0 Å². The number of thiophene rings is 1. The minimum absolute atomic E-state index is 0.0719. The monoisotopic (exact) mass is 350 g/mol. The Labute approximate surface area is 132 Å². The van der Waals surface area contributed by atoms with Crippen molar-refractivity contribution in [2.45, 2.75) is 32.4 Å². The Balaban J connectivity index is 1.94. The van der Waals surface area contributed by atoms with Crippen LogP contribution in [0.25, 0.3) is 0 Å². The van der Waals surface area contributed by atoms with Crippen molar-refractivity contribution in [1.29, 1.82) is 0 Å². The van der Waals surface area contributed by atoms with Crippen LogP contribution in [0.4, 0.5) is 5.69 Å². The van der Waals surface area contributed by atoms with Gasteiger partial charge in [-0.05, 0) is 70.9 Å². The number of benzene rings is 1. The van der Waals surface area contributed by atoms with E-state index in [9.17, 15) is 0 Å². The molecule has 0 aliphatic carbocycles. The lowest BCUT2D eigenvalue weighted by atomic mass is 10.00. The lowest BCUT2D eigenvalue weighted by molar-refractivity contribution is 0.631. The van der Waals surface area contributed by atoms with Crippen LogP contribution in [0.2, 0.25) is 0 Å². The van der Waals surface area contributed by atoms with Crippen LogP contribution >= 0.6 is 27.3 Å². The predicted octanol–water partition coefficient (Wildman–Crippen LogP) is 4.65. The van der Waals surface area contributed by atoms with E-state index in [4.69, 9.17) is 5.73 Å². The highest BCUT2D eigenvalue weighted by Gasteiger charge is 2.26. The summed E-state index contributed by atoms with van der Waals surface area (Å²) in [5.41, 5.74) is 9.86. The predicted molar refractivity (Wildman–Crippen MR) is 90.5 cm³/mol. The van der Waals surface area contributed by atoms with E-state index in [2.05, 4.69) is 57.4 Å². The number of hydrogen-bond acceptors (Lipinski definition) is 3. The molecule has 0 saturated heterocycles. The molecule has 20 heavy (non-hydrogen) atoms. The van der Waals surface area contributed by atoms with E-state index in [-0.39, 0.29) is 6.04 Å². The fourth-order valence-corrected chi connectivity index (χ4v) is 4.46. The summed E-state index contributed by atoms with van der Waals surface area (Å²) in [4.78, 5) is 4.02. The molecule has 0 fully saturated rings. The van der Waals surface area contributed by atoms with Crippen LogP contribution < -0.4 is 10.6 Å². The Morgan fingerprint density at radius 3 is 2.90 bits per heavy atom. The molecular weight excluding hydrogens is 332 g/mol. The van der Waals surface area contributed by atoms with Crippen LogP contribution in [0.15, 0.2) is 34.1 Å². The highest BCUT2D eigenvalue weighted by molar-refractivity contribution is 9.10. The Bertz CT molecular complexity index is 621. The van der Waals surface area contributed by atoms with Crippen molar-refractivity contribution >= 4 is 33.0 Å². The van der Waals surface area contributed by atoms with Crippen LogP contribution in [0.5, 0.6) is 0 Å². The molecule has 0 radical (unpaired) electrons. The number of hydrogen-bond donors (Lipinski definition) is 1. The van der Waals surface area contributed by atoms with Crippen molar-refractivity contribution in [3.63, 3.8) is 0 Å². The fraction of sp³-hybridized carbons (Fsp3) is 0.375. The first-order valence-corrected chi connectivity index (χ1v) is 8.63. The Morgan fingerprint density at radius 2 is 2.20 bits per heavy atom. The van der Waals surface area contributed by atoms with Crippen molar-refractivity contribution in [3.05, 3.63) is 50.1 Å². The number of nitrogens with two attached hydrogens (primary N) is 1. The molecule has 1 aliphatic rings. The molecule has 4 heteroatoms. The van der Waals surface area contributed by atoms with Crippen molar-refractivity contribution in [2.75, 3.05) is 11.4 Å². The zero-order valence-corrected chi connectivity index (χ0v) is 14.2. The maximum absolute atomic E-state index is 5.95. The Morgan fingerprint density at radius 1 is 1.40 bits per heavy atom. The molecule has 2 N–H and O–H groups in total. The van der Waals surface area contributed by atoms with Gasteiger partial charge in [0.05, 0.1) is 11.7 Å². The average Bonchev–Trinajstić information content (AvgIpc) is 2.89. The van der Waals surface area contributed by atoms with Gasteiger partial charge in [-0.1, -0.05) is 6.07 Å². The summed E-state index contributed by atoms with van der Waals surface area (Å²) < 4.78 is 1.14. The van der Waals surface area contributed by atoms with E-state index in [1.165, 1.54) is 21.7 Å². The molecule has 2 atom stereocenters. The van der Waals surface area contributed by atoms with E-state index in [0.29, 0.717) is 6.04 Å². The zero-order chi connectivity index (χ0) is 14.3. The average molecular weight is 351 g/mol. The van der Waals surface area contributed by atoms with Gasteiger partial charge in [-0.15, -0.1) is 11.3 Å². The zero-order valence-electron chi connectivity index (χ0n) is 11.8. The summed E-state index contributed by atoms with van der Waals surface area (Å²) in [7, 11) is 0. The third-order valence-electron chi connectivity index (χ3n) is 4.08. The van der Waals surface area contributed by atoms with E-state index in [1.54, 1.807) is 0 Å². The molecule has 0 spiro atoms. The number of nitrogens with zero attached hydrogens (tertiary/aromatic N) is 1. The van der Waals surface area contributed by atoms with Gasteiger partial charge in [0.25, 0.3) is 0 Å². The molecular formula is C16H19BrN2S. The van der Waals surface area contributed by atoms with Gasteiger partial charge in [-0.25, -0.2) is 0 Å². The summed E-state index contributed by atoms with van der Waals surface area (Å²) in [6, 6.07) is 9.25. The van der Waals surface area contributed by atoms with Crippen LogP contribution in [0, 0.1) is 0 Å². The van der Waals surface area contributed by atoms with Gasteiger partial charge >= 0.3 is 0 Å². The molecule has 106 valence electrons. The molecule has 2 nitrogen and oxygen atoms in total. The highest BCUT2D eigenvalue weighted by atomic mass is 79.9. The Kier molecular flexibility index (Phi) is 3.89. The molecule has 1 aliphatic heterocycles. The van der Waals surface area contributed by atoms with Crippen molar-refractivity contribution < 1.29 is 0 Å². The number of rotatable bonds is 2. The van der Waals surface area contributed by atoms with Gasteiger partial charge in [0, 0.05) is 21.9 Å². The van der Waals surface area contributed by atoms with Crippen LogP contribution in [-0.4, -0.2) is 6.54 Å². The summed E-state index contributed by atoms with van der Waals surface area (Å²) in [5.74, 6) is 0. The smallest absolute Gasteiger partial charge is 0.0525 e. The summed E-state index contributed by atoms with van der Waals surface area (Å²) in [5, 5.41) is 2.21. The van der Waals surface area contributed by atoms with E-state index in [0.717, 1.165) is 17.4 Å². The first kappa shape index (κ1) is 14.1. The first-order chi connectivity index (χ1) is 9.58. The normalized spacial score (nSPS) is 19.8. The summed E-state index contributed by atoms with van der Waals surface area (Å²) in [6.07, 6.45) is 1.14. The second-order valence-corrected chi connectivity index (χ2v) is 7.27. The molecule has 2 aromatic rings. The lowest BCUT2D eigenvalue weighted by Gasteiger charge is -2.36. The molecule has 0 amide bonds. The van der Waals surface area contributed by atoms with Gasteiger partial charge in [0.15, 0.2) is 0 Å². The molecule has 2 heterocycles. The quantitative estimate of drug-likeness (QED) is 0.853. The highest BCUT2D eigenvalue weighted by Crippen LogP contribution is 2.39. The summed E-state index contributed by atoms with van der Waals surface area (Å²) >= 11 is 5.60.